The van der Waals surface area contributed by atoms with E-state index in [-0.39, 0.29) is 5.91 Å². The van der Waals surface area contributed by atoms with Crippen molar-refractivity contribution >= 4 is 22.8 Å². The third-order valence-electron chi connectivity index (χ3n) is 4.66. The molecule has 1 amide bonds. The van der Waals surface area contributed by atoms with Crippen molar-refractivity contribution in [1.29, 1.82) is 0 Å². The van der Waals surface area contributed by atoms with Gasteiger partial charge in [-0.05, 0) is 23.8 Å². The van der Waals surface area contributed by atoms with E-state index in [1.807, 2.05) is 42.6 Å². The van der Waals surface area contributed by atoms with E-state index in [0.717, 1.165) is 54.5 Å². The molecule has 7 heteroatoms. The van der Waals surface area contributed by atoms with Crippen LogP contribution < -0.4 is 10.2 Å². The molecule has 1 aliphatic heterocycles. The average molecular weight is 365 g/mol. The fourth-order valence-electron chi connectivity index (χ4n) is 3.15. The Morgan fingerprint density at radius 3 is 2.81 bits per heavy atom. The zero-order chi connectivity index (χ0) is 18.5. The maximum atomic E-state index is 12.1. The molecule has 0 unspecified atom stereocenters. The largest absolute Gasteiger partial charge is 0.378 e. The van der Waals surface area contributed by atoms with Gasteiger partial charge < -0.3 is 19.9 Å². The molecule has 3 heterocycles. The second-order valence-electron chi connectivity index (χ2n) is 6.60. The van der Waals surface area contributed by atoms with Crippen LogP contribution in [0.5, 0.6) is 0 Å². The highest BCUT2D eigenvalue weighted by molar-refractivity contribution is 5.77. The normalized spacial score (nSPS) is 14.4. The number of anilines is 1. The van der Waals surface area contributed by atoms with Crippen LogP contribution in [-0.2, 0) is 22.5 Å². The molecule has 0 spiro atoms. The van der Waals surface area contributed by atoms with Crippen molar-refractivity contribution in [2.24, 2.45) is 0 Å². The van der Waals surface area contributed by atoms with Gasteiger partial charge in [0, 0.05) is 38.7 Å². The van der Waals surface area contributed by atoms with E-state index in [0.29, 0.717) is 19.4 Å². The number of para-hydroxylation sites is 2. The number of rotatable bonds is 6. The molecule has 3 aromatic rings. The van der Waals surface area contributed by atoms with Crippen LogP contribution in [0.4, 0.5) is 5.82 Å². The number of benzene rings is 1. The van der Waals surface area contributed by atoms with Gasteiger partial charge in [-0.1, -0.05) is 18.2 Å². The Morgan fingerprint density at radius 2 is 2.04 bits per heavy atom. The van der Waals surface area contributed by atoms with Gasteiger partial charge in [-0.3, -0.25) is 4.79 Å². The Hall–Kier alpha value is -2.93. The number of nitrogens with zero attached hydrogens (tertiary/aromatic N) is 3. The lowest BCUT2D eigenvalue weighted by molar-refractivity contribution is -0.121. The minimum Gasteiger partial charge on any atom is -0.378 e. The lowest BCUT2D eigenvalue weighted by Crippen LogP contribution is -2.36. The quantitative estimate of drug-likeness (QED) is 0.698. The molecule has 1 saturated heterocycles. The Balaban J connectivity index is 1.25. The molecule has 2 N–H and O–H groups in total. The first-order valence-corrected chi connectivity index (χ1v) is 9.26. The molecule has 1 fully saturated rings. The summed E-state index contributed by atoms with van der Waals surface area (Å²) in [7, 11) is 0. The predicted octanol–water partition coefficient (Wildman–Crippen LogP) is 2.04. The molecule has 1 aromatic carbocycles. The Labute approximate surface area is 157 Å². The highest BCUT2D eigenvalue weighted by atomic mass is 16.5. The summed E-state index contributed by atoms with van der Waals surface area (Å²) in [5.41, 5.74) is 2.92. The number of imidazole rings is 1. The number of hydrogen-bond donors (Lipinski definition) is 2. The fraction of sp³-hybridized carbons (Fsp3) is 0.350. The third kappa shape index (κ3) is 4.43. The molecule has 4 rings (SSSR count). The van der Waals surface area contributed by atoms with Gasteiger partial charge in [-0.2, -0.15) is 0 Å². The van der Waals surface area contributed by atoms with Crippen molar-refractivity contribution in [1.82, 2.24) is 20.3 Å². The number of hydrogen-bond acceptors (Lipinski definition) is 5. The van der Waals surface area contributed by atoms with Gasteiger partial charge in [-0.15, -0.1) is 0 Å². The topological polar surface area (TPSA) is 83.1 Å². The van der Waals surface area contributed by atoms with E-state index in [9.17, 15) is 4.79 Å². The first-order chi connectivity index (χ1) is 13.3. The van der Waals surface area contributed by atoms with E-state index in [4.69, 9.17) is 4.74 Å². The van der Waals surface area contributed by atoms with E-state index in [1.165, 1.54) is 0 Å². The van der Waals surface area contributed by atoms with E-state index in [2.05, 4.69) is 25.2 Å². The van der Waals surface area contributed by atoms with Crippen molar-refractivity contribution in [3.8, 4) is 0 Å². The highest BCUT2D eigenvalue weighted by Crippen LogP contribution is 2.13. The number of carbonyl (C=O) groups is 1. The van der Waals surface area contributed by atoms with Crippen LogP contribution in [0, 0.1) is 0 Å². The van der Waals surface area contributed by atoms with Crippen LogP contribution in [0.2, 0.25) is 0 Å². The van der Waals surface area contributed by atoms with Crippen molar-refractivity contribution in [2.45, 2.75) is 19.4 Å². The van der Waals surface area contributed by atoms with Gasteiger partial charge in [0.2, 0.25) is 5.91 Å². The minimum absolute atomic E-state index is 0.00714. The number of pyridine rings is 1. The maximum absolute atomic E-state index is 12.1. The Kier molecular flexibility index (Phi) is 5.29. The molecule has 7 nitrogen and oxygen atoms in total. The number of fused-ring (bicyclic) bond motifs is 1. The second-order valence-corrected chi connectivity index (χ2v) is 6.60. The lowest BCUT2D eigenvalue weighted by Gasteiger charge is -2.27. The zero-order valence-corrected chi connectivity index (χ0v) is 15.1. The summed E-state index contributed by atoms with van der Waals surface area (Å²) < 4.78 is 5.36. The highest BCUT2D eigenvalue weighted by Gasteiger charge is 2.12. The van der Waals surface area contributed by atoms with Crippen LogP contribution in [-0.4, -0.2) is 47.2 Å². The number of aromatic nitrogens is 3. The zero-order valence-electron chi connectivity index (χ0n) is 15.1. The van der Waals surface area contributed by atoms with Crippen molar-refractivity contribution < 1.29 is 9.53 Å². The molecule has 140 valence electrons. The Bertz CT molecular complexity index is 867. The fourth-order valence-corrected chi connectivity index (χ4v) is 3.15. The van der Waals surface area contributed by atoms with Crippen LogP contribution in [0.15, 0.2) is 42.6 Å². The summed E-state index contributed by atoms with van der Waals surface area (Å²) in [5.74, 6) is 1.80. The molecule has 0 saturated carbocycles. The standard InChI is InChI=1S/C20H23N5O2/c26-20(8-6-18-23-16-3-1-2-4-17(16)24-18)22-14-15-5-7-19(21-13-15)25-9-11-27-12-10-25/h1-5,7,13H,6,8-12,14H2,(H,22,26)(H,23,24). The van der Waals surface area contributed by atoms with Crippen molar-refractivity contribution in [2.75, 3.05) is 31.2 Å². The SMILES string of the molecule is O=C(CCc1nc2ccccc2[nH]1)NCc1ccc(N2CCOCC2)nc1. The summed E-state index contributed by atoms with van der Waals surface area (Å²) in [4.78, 5) is 26.6. The average Bonchev–Trinajstić information content (AvgIpc) is 3.15. The summed E-state index contributed by atoms with van der Waals surface area (Å²) in [6.07, 6.45) is 2.82. The van der Waals surface area contributed by atoms with Gasteiger partial charge in [0.05, 0.1) is 24.2 Å². The van der Waals surface area contributed by atoms with Crippen molar-refractivity contribution in [3.63, 3.8) is 0 Å². The first-order valence-electron chi connectivity index (χ1n) is 9.26. The van der Waals surface area contributed by atoms with Crippen LogP contribution >= 0.6 is 0 Å². The molecule has 0 radical (unpaired) electrons. The van der Waals surface area contributed by atoms with Gasteiger partial charge in [-0.25, -0.2) is 9.97 Å². The van der Waals surface area contributed by atoms with E-state index >= 15 is 0 Å². The summed E-state index contributed by atoms with van der Waals surface area (Å²) >= 11 is 0. The van der Waals surface area contributed by atoms with Crippen LogP contribution in [0.3, 0.4) is 0 Å². The summed E-state index contributed by atoms with van der Waals surface area (Å²) in [6, 6.07) is 11.9. The predicted molar refractivity (Wildman–Crippen MR) is 104 cm³/mol. The molecule has 2 aromatic heterocycles. The molecular formula is C20H23N5O2. The lowest BCUT2D eigenvalue weighted by atomic mass is 10.2. The summed E-state index contributed by atoms with van der Waals surface area (Å²) in [5, 5.41) is 2.95. The first kappa shape index (κ1) is 17.5. The van der Waals surface area contributed by atoms with Crippen LogP contribution in [0.1, 0.15) is 17.8 Å². The molecule has 0 aliphatic carbocycles. The number of nitrogens with one attached hydrogen (secondary N) is 2. The summed E-state index contributed by atoms with van der Waals surface area (Å²) in [6.45, 7) is 3.69. The van der Waals surface area contributed by atoms with Gasteiger partial charge in [0.25, 0.3) is 0 Å². The minimum atomic E-state index is 0.00714. The number of aromatic amines is 1. The molecule has 0 bridgehead atoms. The number of amides is 1. The van der Waals surface area contributed by atoms with Gasteiger partial charge in [0.1, 0.15) is 11.6 Å². The second kappa shape index (κ2) is 8.18. The van der Waals surface area contributed by atoms with Gasteiger partial charge >= 0.3 is 0 Å². The van der Waals surface area contributed by atoms with E-state index in [1.54, 1.807) is 0 Å². The molecule has 1 aliphatic rings. The van der Waals surface area contributed by atoms with Crippen molar-refractivity contribution in [3.05, 3.63) is 54.0 Å². The number of ether oxygens (including phenoxy) is 1. The number of aryl methyl sites for hydroxylation is 1. The number of H-pyrrole nitrogens is 1. The number of carbonyl (C=O) groups excluding carboxylic acids is 1. The smallest absolute Gasteiger partial charge is 0.220 e. The van der Waals surface area contributed by atoms with E-state index < -0.39 is 0 Å². The monoisotopic (exact) mass is 365 g/mol. The molecule has 0 atom stereocenters. The molecule has 27 heavy (non-hydrogen) atoms. The number of morpholine rings is 1. The third-order valence-corrected chi connectivity index (χ3v) is 4.66. The van der Waals surface area contributed by atoms with Crippen LogP contribution in [0.25, 0.3) is 11.0 Å². The Morgan fingerprint density at radius 1 is 1.19 bits per heavy atom. The van der Waals surface area contributed by atoms with Gasteiger partial charge in [0.15, 0.2) is 0 Å². The molecular weight excluding hydrogens is 342 g/mol. The maximum Gasteiger partial charge on any atom is 0.220 e.